The number of amides is 3. The minimum absolute atomic E-state index is 0.172. The van der Waals surface area contributed by atoms with Gasteiger partial charge in [-0.3, -0.25) is 4.79 Å². The van der Waals surface area contributed by atoms with Crippen LogP contribution < -0.4 is 20.3 Å². The molecule has 6 heteroatoms. The van der Waals surface area contributed by atoms with Crippen molar-refractivity contribution in [2.24, 2.45) is 0 Å². The highest BCUT2D eigenvalue weighted by molar-refractivity contribution is 5.95. The summed E-state index contributed by atoms with van der Waals surface area (Å²) in [6.07, 6.45) is 1.53. The Hall–Kier alpha value is -3.02. The maximum Gasteiger partial charge on any atom is 0.315 e. The zero-order valence-electron chi connectivity index (χ0n) is 16.6. The molecule has 28 heavy (non-hydrogen) atoms. The summed E-state index contributed by atoms with van der Waals surface area (Å²) in [6.45, 7) is 5.13. The fraction of sp³-hybridized carbons (Fsp3) is 0.364. The number of benzene rings is 2. The van der Waals surface area contributed by atoms with Gasteiger partial charge in [0.1, 0.15) is 5.75 Å². The Morgan fingerprint density at radius 2 is 1.96 bits per heavy atom. The molecule has 0 radical (unpaired) electrons. The van der Waals surface area contributed by atoms with E-state index in [0.717, 1.165) is 41.1 Å². The third-order valence-electron chi connectivity index (χ3n) is 4.97. The summed E-state index contributed by atoms with van der Waals surface area (Å²) in [5.74, 6) is 0.927. The van der Waals surface area contributed by atoms with Gasteiger partial charge in [0, 0.05) is 30.8 Å². The second-order valence-electron chi connectivity index (χ2n) is 7.11. The van der Waals surface area contributed by atoms with Crippen LogP contribution in [0.15, 0.2) is 42.5 Å². The highest BCUT2D eigenvalue weighted by Crippen LogP contribution is 2.26. The second-order valence-corrected chi connectivity index (χ2v) is 7.11. The SMILES string of the molecule is COc1ccc(C)cc1C(C)NC(=O)NCc1ccc(N2CCCC2=O)cc1. The van der Waals surface area contributed by atoms with Gasteiger partial charge in [0.2, 0.25) is 5.91 Å². The van der Waals surface area contributed by atoms with Crippen LogP contribution in [0.4, 0.5) is 10.5 Å². The number of ether oxygens (including phenoxy) is 1. The van der Waals surface area contributed by atoms with Gasteiger partial charge in [-0.1, -0.05) is 29.8 Å². The minimum Gasteiger partial charge on any atom is -0.496 e. The van der Waals surface area contributed by atoms with Gasteiger partial charge in [-0.2, -0.15) is 0 Å². The number of nitrogens with zero attached hydrogens (tertiary/aromatic N) is 1. The molecule has 6 nitrogen and oxygen atoms in total. The van der Waals surface area contributed by atoms with Crippen LogP contribution in [0.1, 0.15) is 42.5 Å². The van der Waals surface area contributed by atoms with Crippen LogP contribution in [0.2, 0.25) is 0 Å². The van der Waals surface area contributed by atoms with Crippen LogP contribution in [-0.2, 0) is 11.3 Å². The van der Waals surface area contributed by atoms with Gasteiger partial charge in [-0.25, -0.2) is 4.79 Å². The van der Waals surface area contributed by atoms with Gasteiger partial charge in [0.05, 0.1) is 13.2 Å². The van der Waals surface area contributed by atoms with Gasteiger partial charge in [0.25, 0.3) is 0 Å². The number of hydrogen-bond acceptors (Lipinski definition) is 3. The van der Waals surface area contributed by atoms with Crippen molar-refractivity contribution in [3.8, 4) is 5.75 Å². The van der Waals surface area contributed by atoms with Crippen molar-refractivity contribution < 1.29 is 14.3 Å². The van der Waals surface area contributed by atoms with E-state index < -0.39 is 0 Å². The third-order valence-corrected chi connectivity index (χ3v) is 4.97. The number of carbonyl (C=O) groups is 2. The molecule has 1 aliphatic heterocycles. The molecule has 0 saturated carbocycles. The maximum absolute atomic E-state index is 12.3. The highest BCUT2D eigenvalue weighted by atomic mass is 16.5. The quantitative estimate of drug-likeness (QED) is 0.802. The van der Waals surface area contributed by atoms with Crippen molar-refractivity contribution >= 4 is 17.6 Å². The summed E-state index contributed by atoms with van der Waals surface area (Å²) < 4.78 is 5.39. The molecule has 1 fully saturated rings. The van der Waals surface area contributed by atoms with E-state index in [-0.39, 0.29) is 18.0 Å². The number of aryl methyl sites for hydroxylation is 1. The second kappa shape index (κ2) is 8.78. The molecular formula is C22H27N3O3. The Morgan fingerprint density at radius 3 is 2.61 bits per heavy atom. The van der Waals surface area contributed by atoms with Crippen LogP contribution in [0.25, 0.3) is 0 Å². The smallest absolute Gasteiger partial charge is 0.315 e. The van der Waals surface area contributed by atoms with E-state index in [2.05, 4.69) is 10.6 Å². The van der Waals surface area contributed by atoms with E-state index >= 15 is 0 Å². The maximum atomic E-state index is 12.3. The van der Waals surface area contributed by atoms with E-state index in [1.807, 2.05) is 56.3 Å². The van der Waals surface area contributed by atoms with Crippen molar-refractivity contribution in [1.82, 2.24) is 10.6 Å². The number of urea groups is 1. The fourth-order valence-electron chi connectivity index (χ4n) is 3.41. The van der Waals surface area contributed by atoms with E-state index in [4.69, 9.17) is 4.74 Å². The lowest BCUT2D eigenvalue weighted by Gasteiger charge is -2.19. The first-order chi connectivity index (χ1) is 13.5. The van der Waals surface area contributed by atoms with Gasteiger partial charge in [-0.05, 0) is 44.0 Å². The van der Waals surface area contributed by atoms with Gasteiger partial charge in [0.15, 0.2) is 0 Å². The Bertz CT molecular complexity index is 849. The van der Waals surface area contributed by atoms with E-state index in [0.29, 0.717) is 13.0 Å². The molecule has 1 heterocycles. The molecule has 0 aliphatic carbocycles. The first kappa shape index (κ1) is 19.7. The summed E-state index contributed by atoms with van der Waals surface area (Å²) in [7, 11) is 1.63. The Morgan fingerprint density at radius 1 is 1.21 bits per heavy atom. The van der Waals surface area contributed by atoms with Crippen molar-refractivity contribution in [3.05, 3.63) is 59.2 Å². The molecule has 1 saturated heterocycles. The van der Waals surface area contributed by atoms with E-state index in [9.17, 15) is 9.59 Å². The molecule has 2 aromatic rings. The van der Waals surface area contributed by atoms with Crippen molar-refractivity contribution in [1.29, 1.82) is 0 Å². The summed E-state index contributed by atoms with van der Waals surface area (Å²) >= 11 is 0. The predicted molar refractivity (Wildman–Crippen MR) is 110 cm³/mol. The molecule has 1 aliphatic rings. The first-order valence-corrected chi connectivity index (χ1v) is 9.56. The normalized spacial score (nSPS) is 14.7. The number of anilines is 1. The molecule has 2 N–H and O–H groups in total. The van der Waals surface area contributed by atoms with Gasteiger partial charge in [-0.15, -0.1) is 0 Å². The zero-order valence-corrected chi connectivity index (χ0v) is 16.6. The monoisotopic (exact) mass is 381 g/mol. The topological polar surface area (TPSA) is 70.7 Å². The van der Waals surface area contributed by atoms with Crippen LogP contribution in [0.5, 0.6) is 5.75 Å². The molecule has 0 spiro atoms. The zero-order chi connectivity index (χ0) is 20.1. The molecular weight excluding hydrogens is 354 g/mol. The largest absolute Gasteiger partial charge is 0.496 e. The molecule has 1 atom stereocenters. The Kier molecular flexibility index (Phi) is 6.19. The predicted octanol–water partition coefficient (Wildman–Crippen LogP) is 3.69. The lowest BCUT2D eigenvalue weighted by atomic mass is 10.0. The lowest BCUT2D eigenvalue weighted by Crippen LogP contribution is -2.36. The summed E-state index contributed by atoms with van der Waals surface area (Å²) in [6, 6.07) is 13.2. The molecule has 3 amide bonds. The van der Waals surface area contributed by atoms with Crippen LogP contribution >= 0.6 is 0 Å². The molecule has 0 aromatic heterocycles. The molecule has 148 valence electrons. The minimum atomic E-state index is -0.241. The summed E-state index contributed by atoms with van der Waals surface area (Å²) in [5, 5.41) is 5.83. The highest BCUT2D eigenvalue weighted by Gasteiger charge is 2.21. The number of methoxy groups -OCH3 is 1. The fourth-order valence-corrected chi connectivity index (χ4v) is 3.41. The number of hydrogen-bond donors (Lipinski definition) is 2. The molecule has 2 aromatic carbocycles. The number of rotatable bonds is 6. The van der Waals surface area contributed by atoms with E-state index in [1.54, 1.807) is 12.0 Å². The van der Waals surface area contributed by atoms with E-state index in [1.165, 1.54) is 0 Å². The average molecular weight is 381 g/mol. The molecule has 0 bridgehead atoms. The lowest BCUT2D eigenvalue weighted by molar-refractivity contribution is -0.117. The Labute approximate surface area is 165 Å². The summed E-state index contributed by atoms with van der Waals surface area (Å²) in [4.78, 5) is 25.9. The van der Waals surface area contributed by atoms with Crippen LogP contribution in [0.3, 0.4) is 0 Å². The van der Waals surface area contributed by atoms with Gasteiger partial charge >= 0.3 is 6.03 Å². The third kappa shape index (κ3) is 4.63. The van der Waals surface area contributed by atoms with Crippen molar-refractivity contribution in [2.45, 2.75) is 39.3 Å². The van der Waals surface area contributed by atoms with Crippen molar-refractivity contribution in [2.75, 3.05) is 18.6 Å². The standard InChI is InChI=1S/C22H27N3O3/c1-15-6-11-20(28-3)19(13-15)16(2)24-22(27)23-14-17-7-9-18(10-8-17)25-12-4-5-21(25)26/h6-11,13,16H,4-5,12,14H2,1-3H3,(H2,23,24,27). The average Bonchev–Trinajstić information content (AvgIpc) is 3.12. The van der Waals surface area contributed by atoms with Gasteiger partial charge < -0.3 is 20.3 Å². The molecule has 3 rings (SSSR count). The van der Waals surface area contributed by atoms with Crippen LogP contribution in [0, 0.1) is 6.92 Å². The van der Waals surface area contributed by atoms with Crippen LogP contribution in [-0.4, -0.2) is 25.6 Å². The van der Waals surface area contributed by atoms with Crippen molar-refractivity contribution in [3.63, 3.8) is 0 Å². The summed E-state index contributed by atoms with van der Waals surface area (Å²) in [5.41, 5.74) is 3.95. The Balaban J connectivity index is 1.54. The first-order valence-electron chi connectivity index (χ1n) is 9.56. The molecule has 1 unspecified atom stereocenters. The number of carbonyl (C=O) groups excluding carboxylic acids is 2. The number of nitrogens with one attached hydrogen (secondary N) is 2.